The van der Waals surface area contributed by atoms with Gasteiger partial charge >= 0.3 is 0 Å². The van der Waals surface area contributed by atoms with Crippen LogP contribution in [0, 0.1) is 9.49 Å². The Morgan fingerprint density at radius 3 is 2.35 bits per heavy atom. The second-order valence-corrected chi connectivity index (χ2v) is 7.56. The normalized spacial score (nSPS) is 10.6. The molecule has 0 aliphatic rings. The largest absolute Gasteiger partial charge is 0.493 e. The van der Waals surface area contributed by atoms with Crippen LogP contribution in [0.15, 0.2) is 30.3 Å². The van der Waals surface area contributed by atoms with Crippen molar-refractivity contribution in [2.24, 2.45) is 5.92 Å². The fourth-order valence-corrected chi connectivity index (χ4v) is 3.10. The number of methoxy groups -OCH3 is 2. The molecule has 0 aromatic heterocycles. The first-order valence-electron chi connectivity index (χ1n) is 8.01. The van der Waals surface area contributed by atoms with E-state index in [1.165, 1.54) is 7.11 Å². The van der Waals surface area contributed by atoms with Gasteiger partial charge in [0.1, 0.15) is 5.75 Å². The number of nitrogens with one attached hydrogen (secondary N) is 1. The van der Waals surface area contributed by atoms with Crippen LogP contribution < -0.4 is 19.5 Å². The Morgan fingerprint density at radius 2 is 1.77 bits per heavy atom. The molecule has 7 heteroatoms. The van der Waals surface area contributed by atoms with E-state index in [0.29, 0.717) is 46.0 Å². The molecule has 0 unspecified atom stereocenters. The summed E-state index contributed by atoms with van der Waals surface area (Å²) in [5.41, 5.74) is 1.07. The molecule has 0 aliphatic carbocycles. The minimum Gasteiger partial charge on any atom is -0.493 e. The van der Waals surface area contributed by atoms with Gasteiger partial charge in [0.05, 0.1) is 31.4 Å². The third-order valence-corrected chi connectivity index (χ3v) is 4.67. The van der Waals surface area contributed by atoms with Crippen LogP contribution in [0.4, 0.5) is 5.69 Å². The standard InChI is InChI=1S/C19H21ClINO4/c1-11(2)10-26-16-6-5-12(7-14(16)20)22-19(23)13-8-17(24-3)18(25-4)9-15(13)21/h5-9,11H,10H2,1-4H3,(H,22,23). The van der Waals surface area contributed by atoms with Crippen LogP contribution in [0.25, 0.3) is 0 Å². The number of anilines is 1. The molecule has 5 nitrogen and oxygen atoms in total. The van der Waals surface area contributed by atoms with Gasteiger partial charge in [-0.25, -0.2) is 0 Å². The summed E-state index contributed by atoms with van der Waals surface area (Å²) in [5, 5.41) is 3.29. The number of ether oxygens (including phenoxy) is 3. The molecule has 0 saturated heterocycles. The zero-order valence-electron chi connectivity index (χ0n) is 15.1. The van der Waals surface area contributed by atoms with Gasteiger partial charge in [0, 0.05) is 9.26 Å². The van der Waals surface area contributed by atoms with Crippen molar-refractivity contribution in [3.05, 3.63) is 44.5 Å². The van der Waals surface area contributed by atoms with Crippen LogP contribution in [-0.2, 0) is 0 Å². The van der Waals surface area contributed by atoms with E-state index in [9.17, 15) is 4.79 Å². The first kappa shape index (κ1) is 20.6. The zero-order valence-corrected chi connectivity index (χ0v) is 18.0. The molecule has 0 bridgehead atoms. The number of benzene rings is 2. The summed E-state index contributed by atoms with van der Waals surface area (Å²) in [6, 6.07) is 8.58. The van der Waals surface area contributed by atoms with Gasteiger partial charge in [-0.05, 0) is 58.8 Å². The van der Waals surface area contributed by atoms with Crippen LogP contribution in [0.5, 0.6) is 17.2 Å². The fraction of sp³-hybridized carbons (Fsp3) is 0.316. The van der Waals surface area contributed by atoms with E-state index in [-0.39, 0.29) is 5.91 Å². The molecule has 0 heterocycles. The summed E-state index contributed by atoms with van der Waals surface area (Å²) >= 11 is 8.33. The molecule has 2 aromatic carbocycles. The van der Waals surface area contributed by atoms with Gasteiger partial charge in [-0.1, -0.05) is 25.4 Å². The molecule has 0 atom stereocenters. The van der Waals surface area contributed by atoms with Gasteiger partial charge in [0.2, 0.25) is 0 Å². The minimum absolute atomic E-state index is 0.262. The third-order valence-electron chi connectivity index (χ3n) is 3.48. The van der Waals surface area contributed by atoms with Crippen molar-refractivity contribution in [1.29, 1.82) is 0 Å². The molecule has 26 heavy (non-hydrogen) atoms. The van der Waals surface area contributed by atoms with Gasteiger partial charge in [0.25, 0.3) is 5.91 Å². The second kappa shape index (κ2) is 9.32. The van der Waals surface area contributed by atoms with Gasteiger partial charge in [-0.3, -0.25) is 4.79 Å². The Hall–Kier alpha value is -1.67. The number of carbonyl (C=O) groups is 1. The SMILES string of the molecule is COc1cc(I)c(C(=O)Nc2ccc(OCC(C)C)c(Cl)c2)cc1OC. The molecular weight excluding hydrogens is 469 g/mol. The molecule has 0 fully saturated rings. The zero-order chi connectivity index (χ0) is 19.3. The maximum absolute atomic E-state index is 12.6. The van der Waals surface area contributed by atoms with E-state index in [1.807, 2.05) is 0 Å². The van der Waals surface area contributed by atoms with Crippen molar-refractivity contribution in [3.63, 3.8) is 0 Å². The summed E-state index contributed by atoms with van der Waals surface area (Å²) in [6.07, 6.45) is 0. The lowest BCUT2D eigenvalue weighted by Gasteiger charge is -2.13. The lowest BCUT2D eigenvalue weighted by atomic mass is 10.1. The van der Waals surface area contributed by atoms with Crippen LogP contribution in [0.1, 0.15) is 24.2 Å². The number of carbonyl (C=O) groups excluding carboxylic acids is 1. The molecule has 2 rings (SSSR count). The average molecular weight is 490 g/mol. The Bertz CT molecular complexity index is 795. The number of rotatable bonds is 7. The highest BCUT2D eigenvalue weighted by Crippen LogP contribution is 2.32. The number of hydrogen-bond acceptors (Lipinski definition) is 4. The highest BCUT2D eigenvalue weighted by molar-refractivity contribution is 14.1. The molecule has 1 amide bonds. The van der Waals surface area contributed by atoms with Crippen molar-refractivity contribution in [3.8, 4) is 17.2 Å². The minimum atomic E-state index is -0.262. The average Bonchev–Trinajstić information content (AvgIpc) is 2.60. The van der Waals surface area contributed by atoms with Crippen molar-refractivity contribution < 1.29 is 19.0 Å². The molecule has 1 N–H and O–H groups in total. The maximum atomic E-state index is 12.6. The van der Waals surface area contributed by atoms with E-state index >= 15 is 0 Å². The molecule has 0 spiro atoms. The Labute approximate surface area is 172 Å². The molecule has 0 saturated carbocycles. The molecular formula is C19H21ClINO4. The fourth-order valence-electron chi connectivity index (χ4n) is 2.18. The Kier molecular flexibility index (Phi) is 7.40. The first-order chi connectivity index (χ1) is 12.3. The van der Waals surface area contributed by atoms with Crippen molar-refractivity contribution in [2.75, 3.05) is 26.1 Å². The van der Waals surface area contributed by atoms with Crippen LogP contribution in [-0.4, -0.2) is 26.7 Å². The van der Waals surface area contributed by atoms with Crippen molar-refractivity contribution in [2.45, 2.75) is 13.8 Å². The lowest BCUT2D eigenvalue weighted by Crippen LogP contribution is -2.14. The van der Waals surface area contributed by atoms with Crippen LogP contribution in [0.3, 0.4) is 0 Å². The van der Waals surface area contributed by atoms with E-state index in [0.717, 1.165) is 3.57 Å². The molecule has 0 radical (unpaired) electrons. The van der Waals surface area contributed by atoms with E-state index < -0.39 is 0 Å². The number of halogens is 2. The summed E-state index contributed by atoms with van der Waals surface area (Å²) < 4.78 is 16.9. The van der Waals surface area contributed by atoms with E-state index in [4.69, 9.17) is 25.8 Å². The van der Waals surface area contributed by atoms with Gasteiger partial charge in [0.15, 0.2) is 11.5 Å². The smallest absolute Gasteiger partial charge is 0.256 e. The van der Waals surface area contributed by atoms with Gasteiger partial charge < -0.3 is 19.5 Å². The predicted octanol–water partition coefficient (Wildman–Crippen LogP) is 5.25. The topological polar surface area (TPSA) is 56.8 Å². The van der Waals surface area contributed by atoms with Gasteiger partial charge in [-0.15, -0.1) is 0 Å². The summed E-state index contributed by atoms with van der Waals surface area (Å²) in [7, 11) is 3.08. The predicted molar refractivity (Wildman–Crippen MR) is 112 cm³/mol. The van der Waals surface area contributed by atoms with Gasteiger partial charge in [-0.2, -0.15) is 0 Å². The summed E-state index contributed by atoms with van der Waals surface area (Å²) in [6.45, 7) is 4.70. The molecule has 0 aliphatic heterocycles. The van der Waals surface area contributed by atoms with E-state index in [1.54, 1.807) is 37.4 Å². The second-order valence-electron chi connectivity index (χ2n) is 5.99. The molecule has 2 aromatic rings. The summed E-state index contributed by atoms with van der Waals surface area (Å²) in [4.78, 5) is 12.6. The quantitative estimate of drug-likeness (QED) is 0.540. The molecule has 140 valence electrons. The van der Waals surface area contributed by atoms with Crippen LogP contribution >= 0.6 is 34.2 Å². The maximum Gasteiger partial charge on any atom is 0.256 e. The Morgan fingerprint density at radius 1 is 1.12 bits per heavy atom. The van der Waals surface area contributed by atoms with Crippen molar-refractivity contribution >= 4 is 45.8 Å². The van der Waals surface area contributed by atoms with Crippen molar-refractivity contribution in [1.82, 2.24) is 0 Å². The number of hydrogen-bond donors (Lipinski definition) is 1. The number of amides is 1. The highest BCUT2D eigenvalue weighted by atomic mass is 127. The first-order valence-corrected chi connectivity index (χ1v) is 9.46. The summed E-state index contributed by atoms with van der Waals surface area (Å²) in [5.74, 6) is 1.80. The van der Waals surface area contributed by atoms with Crippen LogP contribution in [0.2, 0.25) is 5.02 Å². The lowest BCUT2D eigenvalue weighted by molar-refractivity contribution is 0.102. The third kappa shape index (κ3) is 5.17. The Balaban J connectivity index is 2.18. The highest BCUT2D eigenvalue weighted by Gasteiger charge is 2.16. The van der Waals surface area contributed by atoms with E-state index in [2.05, 4.69) is 41.8 Å². The monoisotopic (exact) mass is 489 g/mol.